The Kier molecular flexibility index (Phi) is 3.66. The van der Waals surface area contributed by atoms with Crippen molar-refractivity contribution in [2.45, 2.75) is 26.9 Å². The Balaban J connectivity index is 2.44. The molecule has 3 N–H and O–H groups in total. The molecule has 0 atom stereocenters. The fourth-order valence-electron chi connectivity index (χ4n) is 1.94. The second-order valence-electron chi connectivity index (χ2n) is 4.61. The van der Waals surface area contributed by atoms with Crippen molar-refractivity contribution in [2.24, 2.45) is 5.73 Å². The fraction of sp³-hybridized carbons (Fsp3) is 0.286. The van der Waals surface area contributed by atoms with Crippen LogP contribution in [0.25, 0.3) is 0 Å². The summed E-state index contributed by atoms with van der Waals surface area (Å²) in [7, 11) is 0. The Bertz CT molecular complexity index is 713. The van der Waals surface area contributed by atoms with Crippen LogP contribution in [0.3, 0.4) is 0 Å². The van der Waals surface area contributed by atoms with Crippen molar-refractivity contribution in [3.63, 3.8) is 0 Å². The van der Waals surface area contributed by atoms with Crippen LogP contribution >= 0.6 is 0 Å². The van der Waals surface area contributed by atoms with Crippen molar-refractivity contribution in [1.82, 2.24) is 9.78 Å². The minimum absolute atomic E-state index is 0.171. The van der Waals surface area contributed by atoms with Crippen molar-refractivity contribution in [3.05, 3.63) is 67.2 Å². The summed E-state index contributed by atoms with van der Waals surface area (Å²) in [6.45, 7) is 4.10. The van der Waals surface area contributed by atoms with Gasteiger partial charge in [0.1, 0.15) is 0 Å². The summed E-state index contributed by atoms with van der Waals surface area (Å²) in [6, 6.07) is 7.65. The SMILES string of the molecule is Cc1c(C)c(=O)n(Cc2cccc(CN)c2)[nH]c1=O. The molecule has 2 rings (SSSR count). The van der Waals surface area contributed by atoms with Gasteiger partial charge in [0.25, 0.3) is 11.1 Å². The van der Waals surface area contributed by atoms with Gasteiger partial charge in [0.15, 0.2) is 0 Å². The third-order valence-electron chi connectivity index (χ3n) is 3.27. The molecule has 0 aliphatic carbocycles. The Labute approximate surface area is 110 Å². The summed E-state index contributed by atoms with van der Waals surface area (Å²) in [5.41, 5.74) is 8.07. The molecule has 1 aromatic heterocycles. The van der Waals surface area contributed by atoms with Gasteiger partial charge in [0.05, 0.1) is 6.54 Å². The number of benzene rings is 1. The molecule has 0 saturated carbocycles. The van der Waals surface area contributed by atoms with E-state index in [2.05, 4.69) is 5.10 Å². The summed E-state index contributed by atoms with van der Waals surface area (Å²) in [6.07, 6.45) is 0. The number of hydrogen-bond acceptors (Lipinski definition) is 3. The highest BCUT2D eigenvalue weighted by Crippen LogP contribution is 2.05. The van der Waals surface area contributed by atoms with E-state index in [1.807, 2.05) is 24.3 Å². The van der Waals surface area contributed by atoms with Crippen LogP contribution in [-0.2, 0) is 13.1 Å². The van der Waals surface area contributed by atoms with Crippen molar-refractivity contribution in [1.29, 1.82) is 0 Å². The van der Waals surface area contributed by atoms with Crippen LogP contribution in [0.1, 0.15) is 22.3 Å². The highest BCUT2D eigenvalue weighted by molar-refractivity contribution is 5.24. The number of nitrogens with one attached hydrogen (secondary N) is 1. The van der Waals surface area contributed by atoms with E-state index in [0.29, 0.717) is 24.2 Å². The molecule has 0 aliphatic rings. The van der Waals surface area contributed by atoms with Crippen LogP contribution in [0.2, 0.25) is 0 Å². The fourth-order valence-corrected chi connectivity index (χ4v) is 1.94. The van der Waals surface area contributed by atoms with E-state index < -0.39 is 0 Å². The lowest BCUT2D eigenvalue weighted by atomic mass is 10.1. The predicted octanol–water partition coefficient (Wildman–Crippen LogP) is 0.660. The molecule has 1 heterocycles. The van der Waals surface area contributed by atoms with Crippen LogP contribution in [0.5, 0.6) is 0 Å². The number of H-pyrrole nitrogens is 1. The van der Waals surface area contributed by atoms with Crippen molar-refractivity contribution in [2.75, 3.05) is 0 Å². The molecule has 5 heteroatoms. The number of rotatable bonds is 3. The Hall–Kier alpha value is -2.14. The molecular formula is C14H17N3O2. The maximum absolute atomic E-state index is 12.1. The molecule has 0 bridgehead atoms. The number of hydrogen-bond donors (Lipinski definition) is 2. The van der Waals surface area contributed by atoms with Gasteiger partial charge in [-0.25, -0.2) is 4.68 Å². The summed E-state index contributed by atoms with van der Waals surface area (Å²) in [5, 5.41) is 2.59. The first-order valence-electron chi connectivity index (χ1n) is 6.11. The number of aromatic nitrogens is 2. The maximum atomic E-state index is 12.1. The second-order valence-corrected chi connectivity index (χ2v) is 4.61. The van der Waals surface area contributed by atoms with Gasteiger partial charge < -0.3 is 5.73 Å². The van der Waals surface area contributed by atoms with Gasteiger partial charge >= 0.3 is 0 Å². The summed E-state index contributed by atoms with van der Waals surface area (Å²) in [4.78, 5) is 23.8. The minimum atomic E-state index is -0.230. The molecule has 0 aliphatic heterocycles. The largest absolute Gasteiger partial charge is 0.326 e. The molecule has 0 fully saturated rings. The van der Waals surface area contributed by atoms with Crippen LogP contribution in [-0.4, -0.2) is 9.78 Å². The van der Waals surface area contributed by atoms with E-state index in [9.17, 15) is 9.59 Å². The van der Waals surface area contributed by atoms with Crippen molar-refractivity contribution in [3.8, 4) is 0 Å². The van der Waals surface area contributed by atoms with Gasteiger partial charge in [-0.15, -0.1) is 0 Å². The van der Waals surface area contributed by atoms with Crippen LogP contribution in [0, 0.1) is 13.8 Å². The highest BCUT2D eigenvalue weighted by Gasteiger charge is 2.07. The molecule has 0 spiro atoms. The molecule has 0 amide bonds. The molecule has 19 heavy (non-hydrogen) atoms. The normalized spacial score (nSPS) is 10.7. The van der Waals surface area contributed by atoms with Crippen LogP contribution in [0.4, 0.5) is 0 Å². The first kappa shape index (κ1) is 13.3. The van der Waals surface area contributed by atoms with E-state index >= 15 is 0 Å². The topological polar surface area (TPSA) is 80.9 Å². The summed E-state index contributed by atoms with van der Waals surface area (Å²) < 4.78 is 1.33. The molecular weight excluding hydrogens is 242 g/mol. The zero-order valence-electron chi connectivity index (χ0n) is 11.1. The average Bonchev–Trinajstić information content (AvgIpc) is 2.42. The lowest BCUT2D eigenvalue weighted by Gasteiger charge is -2.09. The summed E-state index contributed by atoms with van der Waals surface area (Å²) >= 11 is 0. The number of nitrogens with zero attached hydrogens (tertiary/aromatic N) is 1. The van der Waals surface area contributed by atoms with Gasteiger partial charge in [-0.3, -0.25) is 14.7 Å². The maximum Gasteiger partial charge on any atom is 0.268 e. The summed E-state index contributed by atoms with van der Waals surface area (Å²) in [5.74, 6) is 0. The number of aromatic amines is 1. The van der Waals surface area contributed by atoms with Crippen molar-refractivity contribution < 1.29 is 0 Å². The molecule has 5 nitrogen and oxygen atoms in total. The lowest BCUT2D eigenvalue weighted by Crippen LogP contribution is -2.33. The highest BCUT2D eigenvalue weighted by atomic mass is 16.2. The zero-order valence-corrected chi connectivity index (χ0v) is 11.1. The molecule has 0 radical (unpaired) electrons. The Morgan fingerprint density at radius 3 is 2.53 bits per heavy atom. The number of nitrogens with two attached hydrogens (primary N) is 1. The monoisotopic (exact) mass is 259 g/mol. The third kappa shape index (κ3) is 2.66. The molecule has 100 valence electrons. The zero-order chi connectivity index (χ0) is 14.0. The predicted molar refractivity (Wildman–Crippen MR) is 74.2 cm³/mol. The standard InChI is InChI=1S/C14H17N3O2/c1-9-10(2)14(19)17(16-13(9)18)8-12-5-3-4-11(6-12)7-15/h3-6H,7-8,15H2,1-2H3,(H,16,18). The Morgan fingerprint density at radius 1 is 1.16 bits per heavy atom. The van der Waals surface area contributed by atoms with Gasteiger partial charge in [-0.2, -0.15) is 0 Å². The average molecular weight is 259 g/mol. The molecule has 1 aromatic carbocycles. The lowest BCUT2D eigenvalue weighted by molar-refractivity contribution is 0.618. The smallest absolute Gasteiger partial charge is 0.268 e. The minimum Gasteiger partial charge on any atom is -0.326 e. The van der Waals surface area contributed by atoms with E-state index in [-0.39, 0.29) is 11.1 Å². The Morgan fingerprint density at radius 2 is 1.84 bits per heavy atom. The van der Waals surface area contributed by atoms with Crippen molar-refractivity contribution >= 4 is 0 Å². The van der Waals surface area contributed by atoms with Gasteiger partial charge in [-0.05, 0) is 25.0 Å². The third-order valence-corrected chi connectivity index (χ3v) is 3.27. The van der Waals surface area contributed by atoms with Gasteiger partial charge in [0, 0.05) is 17.7 Å². The first-order chi connectivity index (χ1) is 9.02. The van der Waals surface area contributed by atoms with E-state index in [1.54, 1.807) is 13.8 Å². The first-order valence-corrected chi connectivity index (χ1v) is 6.11. The molecule has 2 aromatic rings. The van der Waals surface area contributed by atoms with Gasteiger partial charge in [-0.1, -0.05) is 24.3 Å². The van der Waals surface area contributed by atoms with E-state index in [0.717, 1.165) is 11.1 Å². The molecule has 0 saturated heterocycles. The quantitative estimate of drug-likeness (QED) is 0.849. The van der Waals surface area contributed by atoms with E-state index in [1.165, 1.54) is 4.68 Å². The second kappa shape index (κ2) is 5.24. The van der Waals surface area contributed by atoms with Crippen LogP contribution < -0.4 is 16.9 Å². The van der Waals surface area contributed by atoms with Gasteiger partial charge in [0.2, 0.25) is 0 Å². The van der Waals surface area contributed by atoms with E-state index in [4.69, 9.17) is 5.73 Å². The molecule has 0 unspecified atom stereocenters. The van der Waals surface area contributed by atoms with Crippen LogP contribution in [0.15, 0.2) is 33.9 Å².